The lowest BCUT2D eigenvalue weighted by Gasteiger charge is -2.14. The van der Waals surface area contributed by atoms with Crippen LogP contribution in [0.3, 0.4) is 0 Å². The standard InChI is InChI=1S/C18H21NO/c1-14-12-19-10-9-16-7-8-17(11-18(14)16)20-13-15-5-3-2-4-6-15/h2-8,11,14,19H,9-10,12-13H2,1H3. The number of hydrogen-bond acceptors (Lipinski definition) is 2. The topological polar surface area (TPSA) is 21.3 Å². The molecule has 1 N–H and O–H groups in total. The van der Waals surface area contributed by atoms with Gasteiger partial charge in [0.25, 0.3) is 0 Å². The molecule has 0 saturated heterocycles. The third-order valence-corrected chi connectivity index (χ3v) is 3.92. The highest BCUT2D eigenvalue weighted by molar-refractivity contribution is 5.39. The number of hydrogen-bond donors (Lipinski definition) is 1. The molecule has 3 rings (SSSR count). The zero-order chi connectivity index (χ0) is 13.8. The van der Waals surface area contributed by atoms with E-state index in [1.165, 1.54) is 16.7 Å². The second kappa shape index (κ2) is 6.10. The van der Waals surface area contributed by atoms with E-state index >= 15 is 0 Å². The van der Waals surface area contributed by atoms with Crippen LogP contribution in [0, 0.1) is 0 Å². The Labute approximate surface area is 120 Å². The Bertz CT molecular complexity index is 565. The average molecular weight is 267 g/mol. The molecular formula is C18H21NO. The maximum atomic E-state index is 5.93. The molecule has 1 aliphatic heterocycles. The van der Waals surface area contributed by atoms with E-state index in [0.717, 1.165) is 25.3 Å². The summed E-state index contributed by atoms with van der Waals surface area (Å²) in [5, 5.41) is 3.48. The van der Waals surface area contributed by atoms with Crippen molar-refractivity contribution < 1.29 is 4.74 Å². The zero-order valence-electron chi connectivity index (χ0n) is 11.9. The molecule has 0 bridgehead atoms. The summed E-state index contributed by atoms with van der Waals surface area (Å²) in [5.41, 5.74) is 4.09. The van der Waals surface area contributed by atoms with Gasteiger partial charge in [0.1, 0.15) is 12.4 Å². The second-order valence-corrected chi connectivity index (χ2v) is 5.49. The predicted octanol–water partition coefficient (Wildman–Crippen LogP) is 3.51. The largest absolute Gasteiger partial charge is 0.489 e. The van der Waals surface area contributed by atoms with Crippen molar-refractivity contribution in [3.05, 3.63) is 65.2 Å². The lowest BCUT2D eigenvalue weighted by Crippen LogP contribution is -2.18. The van der Waals surface area contributed by atoms with Gasteiger partial charge in [-0.2, -0.15) is 0 Å². The molecule has 0 radical (unpaired) electrons. The first-order valence-corrected chi connectivity index (χ1v) is 7.33. The van der Waals surface area contributed by atoms with E-state index in [1.807, 2.05) is 18.2 Å². The number of rotatable bonds is 3. The minimum absolute atomic E-state index is 0.549. The predicted molar refractivity (Wildman–Crippen MR) is 82.2 cm³/mol. The first-order chi connectivity index (χ1) is 9.83. The van der Waals surface area contributed by atoms with Crippen molar-refractivity contribution in [2.45, 2.75) is 25.9 Å². The molecule has 2 nitrogen and oxygen atoms in total. The normalized spacial score (nSPS) is 18.1. The maximum absolute atomic E-state index is 5.93. The van der Waals surface area contributed by atoms with E-state index < -0.39 is 0 Å². The fraction of sp³-hybridized carbons (Fsp3) is 0.333. The summed E-state index contributed by atoms with van der Waals surface area (Å²) < 4.78 is 5.93. The number of fused-ring (bicyclic) bond motifs is 1. The molecule has 1 unspecified atom stereocenters. The van der Waals surface area contributed by atoms with E-state index in [4.69, 9.17) is 4.74 Å². The van der Waals surface area contributed by atoms with Gasteiger partial charge in [-0.1, -0.05) is 43.3 Å². The van der Waals surface area contributed by atoms with Crippen LogP contribution in [0.2, 0.25) is 0 Å². The van der Waals surface area contributed by atoms with Crippen molar-refractivity contribution in [1.29, 1.82) is 0 Å². The summed E-state index contributed by atoms with van der Waals surface area (Å²) in [4.78, 5) is 0. The van der Waals surface area contributed by atoms with Crippen LogP contribution in [0.1, 0.15) is 29.5 Å². The molecule has 0 saturated carbocycles. The molecule has 1 atom stereocenters. The van der Waals surface area contributed by atoms with E-state index in [-0.39, 0.29) is 0 Å². The van der Waals surface area contributed by atoms with Crippen LogP contribution in [-0.4, -0.2) is 13.1 Å². The third-order valence-electron chi connectivity index (χ3n) is 3.92. The fourth-order valence-corrected chi connectivity index (χ4v) is 2.74. The molecule has 1 aliphatic rings. The maximum Gasteiger partial charge on any atom is 0.120 e. The van der Waals surface area contributed by atoms with Gasteiger partial charge >= 0.3 is 0 Å². The summed E-state index contributed by atoms with van der Waals surface area (Å²) in [6, 6.07) is 16.8. The first kappa shape index (κ1) is 13.2. The molecular weight excluding hydrogens is 246 g/mol. The highest BCUT2D eigenvalue weighted by atomic mass is 16.5. The highest BCUT2D eigenvalue weighted by Gasteiger charge is 2.15. The summed E-state index contributed by atoms with van der Waals surface area (Å²) >= 11 is 0. The highest BCUT2D eigenvalue weighted by Crippen LogP contribution is 2.27. The van der Waals surface area contributed by atoms with Crippen molar-refractivity contribution in [1.82, 2.24) is 5.32 Å². The van der Waals surface area contributed by atoms with E-state index in [9.17, 15) is 0 Å². The van der Waals surface area contributed by atoms with Gasteiger partial charge in [0.05, 0.1) is 0 Å². The molecule has 0 amide bonds. The lowest BCUT2D eigenvalue weighted by atomic mass is 9.95. The monoisotopic (exact) mass is 267 g/mol. The molecule has 2 aromatic rings. The number of nitrogens with one attached hydrogen (secondary N) is 1. The molecule has 2 aromatic carbocycles. The van der Waals surface area contributed by atoms with Gasteiger partial charge in [-0.3, -0.25) is 0 Å². The first-order valence-electron chi connectivity index (χ1n) is 7.33. The average Bonchev–Trinajstić information content (AvgIpc) is 2.68. The van der Waals surface area contributed by atoms with Crippen LogP contribution >= 0.6 is 0 Å². The van der Waals surface area contributed by atoms with Crippen molar-refractivity contribution in [2.24, 2.45) is 0 Å². The molecule has 0 aromatic heterocycles. The van der Waals surface area contributed by atoms with Gasteiger partial charge in [0.15, 0.2) is 0 Å². The van der Waals surface area contributed by atoms with Crippen LogP contribution in [-0.2, 0) is 13.0 Å². The molecule has 20 heavy (non-hydrogen) atoms. The molecule has 2 heteroatoms. The van der Waals surface area contributed by atoms with E-state index in [2.05, 4.69) is 42.6 Å². The summed E-state index contributed by atoms with van der Waals surface area (Å²) in [6.45, 7) is 5.03. The summed E-state index contributed by atoms with van der Waals surface area (Å²) in [6.07, 6.45) is 1.11. The van der Waals surface area contributed by atoms with Gasteiger partial charge in [-0.15, -0.1) is 0 Å². The minimum atomic E-state index is 0.549. The van der Waals surface area contributed by atoms with Crippen LogP contribution in [0.15, 0.2) is 48.5 Å². The molecule has 1 heterocycles. The van der Waals surface area contributed by atoms with Gasteiger partial charge in [-0.25, -0.2) is 0 Å². The van der Waals surface area contributed by atoms with Crippen LogP contribution in [0.5, 0.6) is 5.75 Å². The molecule has 0 fully saturated rings. The third kappa shape index (κ3) is 3.02. The van der Waals surface area contributed by atoms with Crippen LogP contribution in [0.25, 0.3) is 0 Å². The van der Waals surface area contributed by atoms with E-state index in [0.29, 0.717) is 12.5 Å². The number of ether oxygens (including phenoxy) is 1. The van der Waals surface area contributed by atoms with Crippen molar-refractivity contribution in [3.63, 3.8) is 0 Å². The SMILES string of the molecule is CC1CNCCc2ccc(OCc3ccccc3)cc21. The zero-order valence-corrected chi connectivity index (χ0v) is 11.9. The second-order valence-electron chi connectivity index (χ2n) is 5.49. The van der Waals surface area contributed by atoms with Crippen molar-refractivity contribution in [2.75, 3.05) is 13.1 Å². The minimum Gasteiger partial charge on any atom is -0.489 e. The molecule has 104 valence electrons. The quantitative estimate of drug-likeness (QED) is 0.918. The summed E-state index contributed by atoms with van der Waals surface area (Å²) in [5.74, 6) is 1.52. The Kier molecular flexibility index (Phi) is 4.03. The molecule has 0 aliphatic carbocycles. The Hall–Kier alpha value is -1.80. The Morgan fingerprint density at radius 1 is 1.15 bits per heavy atom. The smallest absolute Gasteiger partial charge is 0.120 e. The van der Waals surface area contributed by atoms with E-state index in [1.54, 1.807) is 0 Å². The number of benzene rings is 2. The van der Waals surface area contributed by atoms with Gasteiger partial charge in [0.2, 0.25) is 0 Å². The van der Waals surface area contributed by atoms with Crippen molar-refractivity contribution >= 4 is 0 Å². The van der Waals surface area contributed by atoms with Gasteiger partial charge in [0, 0.05) is 6.54 Å². The van der Waals surface area contributed by atoms with Crippen LogP contribution < -0.4 is 10.1 Å². The Morgan fingerprint density at radius 2 is 2.00 bits per heavy atom. The summed E-state index contributed by atoms with van der Waals surface area (Å²) in [7, 11) is 0. The molecule has 0 spiro atoms. The Morgan fingerprint density at radius 3 is 2.85 bits per heavy atom. The van der Waals surface area contributed by atoms with Gasteiger partial charge in [-0.05, 0) is 47.7 Å². The van der Waals surface area contributed by atoms with Crippen molar-refractivity contribution in [3.8, 4) is 5.75 Å². The van der Waals surface area contributed by atoms with Crippen LogP contribution in [0.4, 0.5) is 0 Å². The Balaban J connectivity index is 1.75. The van der Waals surface area contributed by atoms with Gasteiger partial charge < -0.3 is 10.1 Å². The lowest BCUT2D eigenvalue weighted by molar-refractivity contribution is 0.305. The fourth-order valence-electron chi connectivity index (χ4n) is 2.74.